The highest BCUT2D eigenvalue weighted by Crippen LogP contribution is 2.23. The summed E-state index contributed by atoms with van der Waals surface area (Å²) in [7, 11) is 2.97. The number of hydrogen-bond donors (Lipinski definition) is 2. The summed E-state index contributed by atoms with van der Waals surface area (Å²) in [5.41, 5.74) is 1.37. The van der Waals surface area contributed by atoms with E-state index in [1.165, 1.54) is 11.6 Å². The van der Waals surface area contributed by atoms with Crippen molar-refractivity contribution in [3.05, 3.63) is 39.0 Å². The molecule has 3 aromatic heterocycles. The number of anilines is 2. The minimum Gasteiger partial charge on any atom is -0.324 e. The average molecular weight is 313 g/mol. The number of imidazole rings is 1. The monoisotopic (exact) mass is 313 g/mol. The van der Waals surface area contributed by atoms with Crippen LogP contribution in [0.4, 0.5) is 11.6 Å². The second kappa shape index (κ2) is 4.53. The van der Waals surface area contributed by atoms with Crippen LogP contribution in [0.3, 0.4) is 0 Å². The Labute approximate surface area is 127 Å². The zero-order valence-corrected chi connectivity index (χ0v) is 12.2. The number of hydrogen-bond acceptors (Lipinski definition) is 7. The second-order valence-corrected chi connectivity index (χ2v) is 5.05. The third-order valence-electron chi connectivity index (χ3n) is 3.63. The lowest BCUT2D eigenvalue weighted by atomic mass is 10.2. The first-order valence-electron chi connectivity index (χ1n) is 6.70. The van der Waals surface area contributed by atoms with Gasteiger partial charge in [0, 0.05) is 14.1 Å². The van der Waals surface area contributed by atoms with Crippen LogP contribution in [0.2, 0.25) is 0 Å². The standard InChI is InChI=1S/C13H11N7O3/c1-19-10-9(11(21)20(2)13(19)22)15-12(16-10)14-6-4-3-5-7-8(6)18-23-17-7/h3-5H,1-2H3,(H2,14,15,16). The molecule has 0 amide bonds. The van der Waals surface area contributed by atoms with Crippen molar-refractivity contribution >= 4 is 33.8 Å². The molecule has 116 valence electrons. The van der Waals surface area contributed by atoms with Crippen LogP contribution >= 0.6 is 0 Å². The van der Waals surface area contributed by atoms with Crippen molar-refractivity contribution in [1.82, 2.24) is 29.4 Å². The van der Waals surface area contributed by atoms with E-state index in [2.05, 4.69) is 25.6 Å². The van der Waals surface area contributed by atoms with Crippen molar-refractivity contribution in [2.75, 3.05) is 5.32 Å². The van der Waals surface area contributed by atoms with Gasteiger partial charge in [-0.1, -0.05) is 6.07 Å². The second-order valence-electron chi connectivity index (χ2n) is 5.05. The lowest BCUT2D eigenvalue weighted by Crippen LogP contribution is -2.36. The zero-order chi connectivity index (χ0) is 16.1. The summed E-state index contributed by atoms with van der Waals surface area (Å²) in [5, 5.41) is 10.6. The van der Waals surface area contributed by atoms with Gasteiger partial charge in [-0.2, -0.15) is 4.98 Å². The van der Waals surface area contributed by atoms with E-state index in [1.54, 1.807) is 25.2 Å². The van der Waals surface area contributed by atoms with Crippen molar-refractivity contribution < 1.29 is 4.63 Å². The molecule has 0 aliphatic rings. The predicted octanol–water partition coefficient (Wildman–Crippen LogP) is 0.240. The number of rotatable bonds is 2. The largest absolute Gasteiger partial charge is 0.332 e. The molecule has 4 rings (SSSR count). The molecule has 0 saturated carbocycles. The third-order valence-corrected chi connectivity index (χ3v) is 3.63. The fourth-order valence-corrected chi connectivity index (χ4v) is 2.42. The van der Waals surface area contributed by atoms with Crippen LogP contribution < -0.4 is 16.6 Å². The topological polar surface area (TPSA) is 124 Å². The number of benzene rings is 1. The Morgan fingerprint density at radius 3 is 2.83 bits per heavy atom. The van der Waals surface area contributed by atoms with Crippen LogP contribution in [0.1, 0.15) is 0 Å². The zero-order valence-electron chi connectivity index (χ0n) is 12.2. The van der Waals surface area contributed by atoms with E-state index in [1.807, 2.05) is 0 Å². The first kappa shape index (κ1) is 13.2. The maximum atomic E-state index is 12.2. The molecule has 0 atom stereocenters. The Morgan fingerprint density at radius 1 is 1.17 bits per heavy atom. The van der Waals surface area contributed by atoms with Crippen LogP contribution in [-0.2, 0) is 14.1 Å². The summed E-state index contributed by atoms with van der Waals surface area (Å²) < 4.78 is 7.03. The SMILES string of the molecule is Cn1c(=O)c2[nH]c(Nc3cccc4nonc34)nc2n(C)c1=O. The molecule has 0 saturated heterocycles. The third kappa shape index (κ3) is 1.84. The molecule has 1 aromatic carbocycles. The molecule has 0 radical (unpaired) electrons. The first-order valence-corrected chi connectivity index (χ1v) is 6.70. The maximum absolute atomic E-state index is 12.2. The molecule has 10 nitrogen and oxygen atoms in total. The van der Waals surface area contributed by atoms with Gasteiger partial charge in [0.15, 0.2) is 16.7 Å². The van der Waals surface area contributed by atoms with Crippen LogP contribution in [0.15, 0.2) is 32.4 Å². The number of aryl methyl sites for hydroxylation is 1. The van der Waals surface area contributed by atoms with Gasteiger partial charge < -0.3 is 10.3 Å². The molecular weight excluding hydrogens is 302 g/mol. The van der Waals surface area contributed by atoms with E-state index < -0.39 is 11.2 Å². The molecule has 10 heteroatoms. The van der Waals surface area contributed by atoms with E-state index >= 15 is 0 Å². The molecule has 0 spiro atoms. The highest BCUT2D eigenvalue weighted by molar-refractivity contribution is 5.89. The minimum atomic E-state index is -0.441. The number of aromatic amines is 1. The van der Waals surface area contributed by atoms with Gasteiger partial charge in [-0.3, -0.25) is 13.9 Å². The van der Waals surface area contributed by atoms with Crippen molar-refractivity contribution in [3.8, 4) is 0 Å². The van der Waals surface area contributed by atoms with Crippen LogP contribution in [-0.4, -0.2) is 29.4 Å². The summed E-state index contributed by atoms with van der Waals surface area (Å²) in [4.78, 5) is 31.2. The highest BCUT2D eigenvalue weighted by Gasteiger charge is 2.14. The first-order chi connectivity index (χ1) is 11.1. The Morgan fingerprint density at radius 2 is 2.00 bits per heavy atom. The Bertz CT molecular complexity index is 1160. The lowest BCUT2D eigenvalue weighted by Gasteiger charge is -2.01. The van der Waals surface area contributed by atoms with Gasteiger partial charge in [-0.15, -0.1) is 0 Å². The Balaban J connectivity index is 1.89. The lowest BCUT2D eigenvalue weighted by molar-refractivity contribution is 0.315. The fourth-order valence-electron chi connectivity index (χ4n) is 2.42. The van der Waals surface area contributed by atoms with E-state index in [0.29, 0.717) is 22.7 Å². The predicted molar refractivity (Wildman–Crippen MR) is 81.7 cm³/mol. The number of nitrogens with one attached hydrogen (secondary N) is 2. The minimum absolute atomic E-state index is 0.238. The van der Waals surface area contributed by atoms with Gasteiger partial charge in [0.25, 0.3) is 5.56 Å². The molecule has 2 N–H and O–H groups in total. The number of fused-ring (bicyclic) bond motifs is 2. The number of H-pyrrole nitrogens is 1. The molecular formula is C13H11N7O3. The summed E-state index contributed by atoms with van der Waals surface area (Å²) in [5.74, 6) is 0.314. The molecule has 0 bridgehead atoms. The summed E-state index contributed by atoms with van der Waals surface area (Å²) in [6.45, 7) is 0. The van der Waals surface area contributed by atoms with E-state index in [9.17, 15) is 9.59 Å². The van der Waals surface area contributed by atoms with Crippen LogP contribution in [0, 0.1) is 0 Å². The van der Waals surface area contributed by atoms with Gasteiger partial charge in [0.1, 0.15) is 5.52 Å². The molecule has 0 fully saturated rings. The molecule has 23 heavy (non-hydrogen) atoms. The Hall–Kier alpha value is -3.43. The van der Waals surface area contributed by atoms with Gasteiger partial charge in [-0.25, -0.2) is 9.42 Å². The summed E-state index contributed by atoms with van der Waals surface area (Å²) >= 11 is 0. The molecule has 0 unspecified atom stereocenters. The van der Waals surface area contributed by atoms with Gasteiger partial charge in [-0.05, 0) is 22.4 Å². The number of nitrogens with zero attached hydrogens (tertiary/aromatic N) is 5. The van der Waals surface area contributed by atoms with Crippen LogP contribution in [0.25, 0.3) is 22.2 Å². The summed E-state index contributed by atoms with van der Waals surface area (Å²) in [6.07, 6.45) is 0. The van der Waals surface area contributed by atoms with E-state index in [0.717, 1.165) is 4.57 Å². The quantitative estimate of drug-likeness (QED) is 0.543. The normalized spacial score (nSPS) is 11.4. The molecule has 0 aliphatic heterocycles. The maximum Gasteiger partial charge on any atom is 0.332 e. The average Bonchev–Trinajstić information content (AvgIpc) is 3.18. The van der Waals surface area contributed by atoms with Crippen molar-refractivity contribution in [1.29, 1.82) is 0 Å². The van der Waals surface area contributed by atoms with Crippen molar-refractivity contribution in [2.45, 2.75) is 0 Å². The highest BCUT2D eigenvalue weighted by atomic mass is 16.6. The van der Waals surface area contributed by atoms with E-state index in [4.69, 9.17) is 4.63 Å². The molecule has 3 heterocycles. The Kier molecular flexibility index (Phi) is 2.61. The molecule has 4 aromatic rings. The fraction of sp³-hybridized carbons (Fsp3) is 0.154. The molecule has 0 aliphatic carbocycles. The summed E-state index contributed by atoms with van der Waals surface area (Å²) in [6, 6.07) is 5.32. The smallest absolute Gasteiger partial charge is 0.324 e. The van der Waals surface area contributed by atoms with Crippen LogP contribution in [0.5, 0.6) is 0 Å². The van der Waals surface area contributed by atoms with Gasteiger partial charge >= 0.3 is 5.69 Å². The van der Waals surface area contributed by atoms with Gasteiger partial charge in [0.05, 0.1) is 5.69 Å². The number of aromatic nitrogens is 6. The van der Waals surface area contributed by atoms with Crippen molar-refractivity contribution in [3.63, 3.8) is 0 Å². The van der Waals surface area contributed by atoms with Crippen molar-refractivity contribution in [2.24, 2.45) is 14.1 Å². The van der Waals surface area contributed by atoms with E-state index in [-0.39, 0.29) is 11.2 Å². The van der Waals surface area contributed by atoms with Gasteiger partial charge in [0.2, 0.25) is 5.95 Å².